The van der Waals surface area contributed by atoms with Gasteiger partial charge in [-0.05, 0) is 12.1 Å². The van der Waals surface area contributed by atoms with Gasteiger partial charge in [-0.2, -0.15) is 0 Å². The highest BCUT2D eigenvalue weighted by atomic mass is 16.5. The fourth-order valence-electron chi connectivity index (χ4n) is 2.12. The molecule has 1 aromatic heterocycles. The lowest BCUT2D eigenvalue weighted by Crippen LogP contribution is -2.29. The predicted octanol–water partition coefficient (Wildman–Crippen LogP) is 0.224. The number of amides is 1. The first-order valence-electron chi connectivity index (χ1n) is 5.83. The van der Waals surface area contributed by atoms with Gasteiger partial charge in [0.2, 0.25) is 0 Å². The number of carbonyl (C=O) groups excluding carboxylic acids is 1. The van der Waals surface area contributed by atoms with Crippen LogP contribution in [0.4, 0.5) is 0 Å². The third kappa shape index (κ3) is 2.40. The first kappa shape index (κ1) is 13.1. The number of likely N-dealkylation sites (tertiary alicyclic amines) is 1. The summed E-state index contributed by atoms with van der Waals surface area (Å²) in [6.45, 7) is 1.30. The van der Waals surface area contributed by atoms with Crippen molar-refractivity contribution in [2.24, 2.45) is 5.73 Å². The Hall–Kier alpha value is -1.37. The summed E-state index contributed by atoms with van der Waals surface area (Å²) in [5.74, 6) is 0.752. The monoisotopic (exact) mass is 254 g/mol. The smallest absolute Gasteiger partial charge is 0.289 e. The molecule has 0 aliphatic carbocycles. The lowest BCUT2D eigenvalue weighted by Gasteiger charge is -2.13. The molecule has 18 heavy (non-hydrogen) atoms. The van der Waals surface area contributed by atoms with E-state index in [1.54, 1.807) is 31.3 Å². The van der Waals surface area contributed by atoms with E-state index in [4.69, 9.17) is 19.6 Å². The lowest BCUT2D eigenvalue weighted by molar-refractivity contribution is -0.00461. The Morgan fingerprint density at radius 3 is 2.44 bits per heavy atom. The Morgan fingerprint density at radius 1 is 1.39 bits per heavy atom. The van der Waals surface area contributed by atoms with E-state index < -0.39 is 0 Å². The molecular formula is C12H18N2O4. The third-order valence-electron chi connectivity index (χ3n) is 3.18. The van der Waals surface area contributed by atoms with Gasteiger partial charge in [-0.1, -0.05) is 0 Å². The molecule has 1 aromatic rings. The van der Waals surface area contributed by atoms with E-state index in [2.05, 4.69) is 0 Å². The number of methoxy groups -OCH3 is 2. The van der Waals surface area contributed by atoms with Gasteiger partial charge in [-0.25, -0.2) is 0 Å². The number of furan rings is 1. The fraction of sp³-hybridized carbons (Fsp3) is 0.583. The second-order valence-corrected chi connectivity index (χ2v) is 4.23. The van der Waals surface area contributed by atoms with Gasteiger partial charge in [-0.3, -0.25) is 4.79 Å². The number of ether oxygens (including phenoxy) is 2. The Labute approximate surface area is 106 Å². The van der Waals surface area contributed by atoms with Crippen molar-refractivity contribution in [3.8, 4) is 0 Å². The molecule has 0 radical (unpaired) electrons. The van der Waals surface area contributed by atoms with Gasteiger partial charge in [0.1, 0.15) is 18.0 Å². The van der Waals surface area contributed by atoms with Crippen molar-refractivity contribution in [3.05, 3.63) is 23.7 Å². The summed E-state index contributed by atoms with van der Waals surface area (Å²) in [6.07, 6.45) is -0.189. The number of hydrogen-bond donors (Lipinski definition) is 1. The van der Waals surface area contributed by atoms with Crippen molar-refractivity contribution in [3.63, 3.8) is 0 Å². The van der Waals surface area contributed by atoms with Crippen LogP contribution in [0.1, 0.15) is 16.3 Å². The van der Waals surface area contributed by atoms with E-state index in [1.807, 2.05) is 0 Å². The van der Waals surface area contributed by atoms with Crippen LogP contribution >= 0.6 is 0 Å². The van der Waals surface area contributed by atoms with E-state index in [9.17, 15) is 4.79 Å². The second-order valence-electron chi connectivity index (χ2n) is 4.23. The Balaban J connectivity index is 2.06. The second kappa shape index (κ2) is 5.51. The summed E-state index contributed by atoms with van der Waals surface area (Å²) in [4.78, 5) is 13.8. The topological polar surface area (TPSA) is 77.9 Å². The quantitative estimate of drug-likeness (QED) is 0.832. The summed E-state index contributed by atoms with van der Waals surface area (Å²) in [7, 11) is 3.23. The molecule has 2 N–H and O–H groups in total. The van der Waals surface area contributed by atoms with Crippen LogP contribution in [0.15, 0.2) is 16.5 Å². The van der Waals surface area contributed by atoms with Crippen LogP contribution in [-0.2, 0) is 16.0 Å². The number of nitrogens with two attached hydrogens (primary N) is 1. The minimum atomic E-state index is -0.156. The molecule has 1 aliphatic rings. The van der Waals surface area contributed by atoms with Gasteiger partial charge >= 0.3 is 0 Å². The van der Waals surface area contributed by atoms with Crippen LogP contribution in [0.25, 0.3) is 0 Å². The highest BCUT2D eigenvalue weighted by molar-refractivity contribution is 5.91. The maximum atomic E-state index is 12.2. The first-order valence-corrected chi connectivity index (χ1v) is 5.83. The summed E-state index contributed by atoms with van der Waals surface area (Å²) >= 11 is 0. The Morgan fingerprint density at radius 2 is 2.00 bits per heavy atom. The zero-order valence-electron chi connectivity index (χ0n) is 10.6. The molecule has 2 rings (SSSR count). The molecule has 100 valence electrons. The molecule has 2 unspecified atom stereocenters. The first-order chi connectivity index (χ1) is 8.69. The summed E-state index contributed by atoms with van der Waals surface area (Å²) in [5.41, 5.74) is 5.45. The maximum absolute atomic E-state index is 12.2. The van der Waals surface area contributed by atoms with Crippen LogP contribution in [0, 0.1) is 0 Å². The molecular weight excluding hydrogens is 236 g/mol. The molecule has 0 saturated carbocycles. The van der Waals surface area contributed by atoms with E-state index in [-0.39, 0.29) is 24.7 Å². The molecule has 0 bridgehead atoms. The van der Waals surface area contributed by atoms with E-state index >= 15 is 0 Å². The van der Waals surface area contributed by atoms with Crippen LogP contribution in [0.2, 0.25) is 0 Å². The molecule has 0 spiro atoms. The average molecular weight is 254 g/mol. The van der Waals surface area contributed by atoms with Gasteiger partial charge in [0.05, 0.1) is 6.54 Å². The molecule has 1 amide bonds. The molecule has 6 nitrogen and oxygen atoms in total. The van der Waals surface area contributed by atoms with Crippen molar-refractivity contribution in [2.75, 3.05) is 27.3 Å². The highest BCUT2D eigenvalue weighted by Crippen LogP contribution is 2.19. The standard InChI is InChI=1S/C12H18N2O4/c1-16-10-6-14(7-11(10)17-2)12(15)9-4-3-8(5-13)18-9/h3-4,10-11H,5-7,13H2,1-2H3. The number of hydrogen-bond acceptors (Lipinski definition) is 5. The number of rotatable bonds is 4. The van der Waals surface area contributed by atoms with Gasteiger partial charge < -0.3 is 24.5 Å². The van der Waals surface area contributed by atoms with E-state index in [1.165, 1.54) is 0 Å². The number of nitrogens with zero attached hydrogens (tertiary/aromatic N) is 1. The third-order valence-corrected chi connectivity index (χ3v) is 3.18. The molecule has 1 fully saturated rings. The van der Waals surface area contributed by atoms with Gasteiger partial charge in [-0.15, -0.1) is 0 Å². The lowest BCUT2D eigenvalue weighted by atomic mass is 10.3. The Kier molecular flexibility index (Phi) is 4.00. The fourth-order valence-corrected chi connectivity index (χ4v) is 2.12. The van der Waals surface area contributed by atoms with Crippen molar-refractivity contribution in [2.45, 2.75) is 18.8 Å². The van der Waals surface area contributed by atoms with Crippen LogP contribution in [0.5, 0.6) is 0 Å². The molecule has 1 aliphatic heterocycles. The maximum Gasteiger partial charge on any atom is 0.289 e. The Bertz CT molecular complexity index is 406. The molecule has 0 aromatic carbocycles. The largest absolute Gasteiger partial charge is 0.455 e. The summed E-state index contributed by atoms with van der Waals surface area (Å²) in [6, 6.07) is 3.36. The zero-order valence-corrected chi connectivity index (χ0v) is 10.6. The van der Waals surface area contributed by atoms with Crippen molar-refractivity contribution >= 4 is 5.91 Å². The molecule has 1 saturated heterocycles. The normalized spacial score (nSPS) is 23.6. The molecule has 2 atom stereocenters. The number of carbonyl (C=O) groups is 1. The van der Waals surface area contributed by atoms with Crippen LogP contribution in [0.3, 0.4) is 0 Å². The van der Waals surface area contributed by atoms with Crippen LogP contribution in [-0.4, -0.2) is 50.3 Å². The predicted molar refractivity (Wildman–Crippen MR) is 64.1 cm³/mol. The average Bonchev–Trinajstić information content (AvgIpc) is 3.03. The summed E-state index contributed by atoms with van der Waals surface area (Å²) in [5, 5.41) is 0. The van der Waals surface area contributed by atoms with E-state index in [0.29, 0.717) is 24.6 Å². The summed E-state index contributed by atoms with van der Waals surface area (Å²) < 4.78 is 15.9. The molecule has 2 heterocycles. The molecule has 6 heteroatoms. The van der Waals surface area contributed by atoms with Crippen LogP contribution < -0.4 is 5.73 Å². The van der Waals surface area contributed by atoms with Crippen molar-refractivity contribution in [1.82, 2.24) is 4.90 Å². The highest BCUT2D eigenvalue weighted by Gasteiger charge is 2.36. The zero-order chi connectivity index (χ0) is 13.1. The van der Waals surface area contributed by atoms with Crippen molar-refractivity contribution < 1.29 is 18.7 Å². The van der Waals surface area contributed by atoms with Gasteiger partial charge in [0.15, 0.2) is 5.76 Å². The van der Waals surface area contributed by atoms with Gasteiger partial charge in [0, 0.05) is 27.3 Å². The SMILES string of the molecule is COC1CN(C(=O)c2ccc(CN)o2)CC1OC. The van der Waals surface area contributed by atoms with Gasteiger partial charge in [0.25, 0.3) is 5.91 Å². The van der Waals surface area contributed by atoms with E-state index in [0.717, 1.165) is 0 Å². The minimum Gasteiger partial charge on any atom is -0.455 e. The minimum absolute atomic E-state index is 0.0945. The van der Waals surface area contributed by atoms with Crippen molar-refractivity contribution in [1.29, 1.82) is 0 Å².